The lowest BCUT2D eigenvalue weighted by Gasteiger charge is -2.08. The SMILES string of the molecule is O=C(Cc1ccc(Cl)cc1)Nc1cccc(NC(=O)c2cccs2)c1. The van der Waals surface area contributed by atoms with Gasteiger partial charge in [-0.05, 0) is 47.3 Å². The number of rotatable bonds is 5. The lowest BCUT2D eigenvalue weighted by atomic mass is 10.1. The van der Waals surface area contributed by atoms with Crippen molar-refractivity contribution in [3.63, 3.8) is 0 Å². The van der Waals surface area contributed by atoms with Crippen molar-refractivity contribution in [3.8, 4) is 0 Å². The van der Waals surface area contributed by atoms with Crippen molar-refractivity contribution in [2.75, 3.05) is 10.6 Å². The molecule has 0 aliphatic rings. The Morgan fingerprint density at radius 1 is 0.920 bits per heavy atom. The topological polar surface area (TPSA) is 58.2 Å². The molecule has 0 unspecified atom stereocenters. The molecular weight excluding hydrogens is 356 g/mol. The Morgan fingerprint density at radius 3 is 2.32 bits per heavy atom. The number of amides is 2. The standard InChI is InChI=1S/C19H15ClN2O2S/c20-14-8-6-13(7-9-14)11-18(23)21-15-3-1-4-16(12-15)22-19(24)17-5-2-10-25-17/h1-10,12H,11H2,(H,21,23)(H,22,24). The fraction of sp³-hybridized carbons (Fsp3) is 0.0526. The molecule has 0 aliphatic heterocycles. The van der Waals surface area contributed by atoms with Crippen molar-refractivity contribution in [1.82, 2.24) is 0 Å². The molecule has 2 N–H and O–H groups in total. The van der Waals surface area contributed by atoms with E-state index in [1.54, 1.807) is 42.5 Å². The van der Waals surface area contributed by atoms with Crippen LogP contribution in [0.2, 0.25) is 5.02 Å². The Morgan fingerprint density at radius 2 is 1.64 bits per heavy atom. The number of nitrogens with one attached hydrogen (secondary N) is 2. The molecule has 3 aromatic rings. The lowest BCUT2D eigenvalue weighted by Crippen LogP contribution is -2.15. The first kappa shape index (κ1) is 17.2. The van der Waals surface area contributed by atoms with E-state index in [4.69, 9.17) is 11.6 Å². The fourth-order valence-corrected chi connectivity index (χ4v) is 3.01. The van der Waals surface area contributed by atoms with Crippen LogP contribution in [-0.4, -0.2) is 11.8 Å². The summed E-state index contributed by atoms with van der Waals surface area (Å²) in [4.78, 5) is 24.9. The third kappa shape index (κ3) is 4.92. The van der Waals surface area contributed by atoms with Crippen LogP contribution < -0.4 is 10.6 Å². The molecule has 2 aromatic carbocycles. The van der Waals surface area contributed by atoms with E-state index in [2.05, 4.69) is 10.6 Å². The van der Waals surface area contributed by atoms with Crippen molar-refractivity contribution in [2.24, 2.45) is 0 Å². The van der Waals surface area contributed by atoms with Gasteiger partial charge in [-0.1, -0.05) is 35.9 Å². The number of thiophene rings is 1. The Labute approximate surface area is 154 Å². The normalized spacial score (nSPS) is 10.3. The summed E-state index contributed by atoms with van der Waals surface area (Å²) in [5.74, 6) is -0.302. The van der Waals surface area contributed by atoms with Gasteiger partial charge in [0.25, 0.3) is 5.91 Å². The number of carbonyl (C=O) groups excluding carboxylic acids is 2. The van der Waals surface area contributed by atoms with E-state index < -0.39 is 0 Å². The predicted octanol–water partition coefficient (Wildman–Crippen LogP) is 4.84. The first-order chi connectivity index (χ1) is 12.1. The van der Waals surface area contributed by atoms with Crippen LogP contribution in [0.3, 0.4) is 0 Å². The van der Waals surface area contributed by atoms with Crippen LogP contribution >= 0.6 is 22.9 Å². The fourth-order valence-electron chi connectivity index (χ4n) is 2.27. The van der Waals surface area contributed by atoms with E-state index >= 15 is 0 Å². The first-order valence-corrected chi connectivity index (χ1v) is 8.85. The monoisotopic (exact) mass is 370 g/mol. The predicted molar refractivity (Wildman–Crippen MR) is 102 cm³/mol. The number of hydrogen-bond acceptors (Lipinski definition) is 3. The zero-order valence-electron chi connectivity index (χ0n) is 13.2. The van der Waals surface area contributed by atoms with Crippen LogP contribution in [0.1, 0.15) is 15.2 Å². The molecule has 1 aromatic heterocycles. The molecule has 6 heteroatoms. The minimum absolute atomic E-state index is 0.135. The highest BCUT2D eigenvalue weighted by Gasteiger charge is 2.08. The van der Waals surface area contributed by atoms with Crippen LogP contribution in [0.25, 0.3) is 0 Å². The summed E-state index contributed by atoms with van der Waals surface area (Å²) in [7, 11) is 0. The van der Waals surface area contributed by atoms with E-state index in [1.807, 2.05) is 23.6 Å². The highest BCUT2D eigenvalue weighted by atomic mass is 35.5. The second-order valence-electron chi connectivity index (χ2n) is 5.36. The van der Waals surface area contributed by atoms with Gasteiger partial charge in [0.1, 0.15) is 0 Å². The first-order valence-electron chi connectivity index (χ1n) is 7.59. The van der Waals surface area contributed by atoms with Gasteiger partial charge in [0, 0.05) is 16.4 Å². The van der Waals surface area contributed by atoms with E-state index in [0.29, 0.717) is 21.3 Å². The van der Waals surface area contributed by atoms with E-state index in [9.17, 15) is 9.59 Å². The average molecular weight is 371 g/mol. The van der Waals surface area contributed by atoms with Crippen LogP contribution in [0.15, 0.2) is 66.0 Å². The van der Waals surface area contributed by atoms with Crippen molar-refractivity contribution >= 4 is 46.1 Å². The molecule has 0 bridgehead atoms. The molecule has 0 spiro atoms. The summed E-state index contributed by atoms with van der Waals surface area (Å²) in [5.41, 5.74) is 2.13. The maximum Gasteiger partial charge on any atom is 0.265 e. The molecule has 0 saturated heterocycles. The second-order valence-corrected chi connectivity index (χ2v) is 6.75. The van der Waals surface area contributed by atoms with Gasteiger partial charge in [0.05, 0.1) is 11.3 Å². The molecule has 0 fully saturated rings. The maximum absolute atomic E-state index is 12.2. The van der Waals surface area contributed by atoms with Crippen LogP contribution in [-0.2, 0) is 11.2 Å². The highest BCUT2D eigenvalue weighted by Crippen LogP contribution is 2.18. The lowest BCUT2D eigenvalue weighted by molar-refractivity contribution is -0.115. The number of benzene rings is 2. The summed E-state index contributed by atoms with van der Waals surface area (Å²) in [6, 6.07) is 17.8. The zero-order valence-corrected chi connectivity index (χ0v) is 14.7. The number of carbonyl (C=O) groups is 2. The van der Waals surface area contributed by atoms with E-state index in [0.717, 1.165) is 5.56 Å². The zero-order chi connectivity index (χ0) is 17.6. The molecule has 2 amide bonds. The molecule has 4 nitrogen and oxygen atoms in total. The average Bonchev–Trinajstić information content (AvgIpc) is 3.12. The molecule has 25 heavy (non-hydrogen) atoms. The number of anilines is 2. The molecule has 0 atom stereocenters. The van der Waals surface area contributed by atoms with Crippen molar-refractivity contribution in [3.05, 3.63) is 81.5 Å². The van der Waals surface area contributed by atoms with Crippen molar-refractivity contribution in [2.45, 2.75) is 6.42 Å². The van der Waals surface area contributed by atoms with Crippen molar-refractivity contribution in [1.29, 1.82) is 0 Å². The summed E-state index contributed by atoms with van der Waals surface area (Å²) in [5, 5.41) is 8.14. The summed E-state index contributed by atoms with van der Waals surface area (Å²) >= 11 is 7.22. The van der Waals surface area contributed by atoms with E-state index in [-0.39, 0.29) is 18.2 Å². The number of halogens is 1. The van der Waals surface area contributed by atoms with Crippen LogP contribution in [0.4, 0.5) is 11.4 Å². The largest absolute Gasteiger partial charge is 0.326 e. The van der Waals surface area contributed by atoms with Gasteiger partial charge in [0.2, 0.25) is 5.91 Å². The van der Waals surface area contributed by atoms with Gasteiger partial charge in [-0.2, -0.15) is 0 Å². The second kappa shape index (κ2) is 7.96. The number of hydrogen-bond donors (Lipinski definition) is 2. The smallest absolute Gasteiger partial charge is 0.265 e. The maximum atomic E-state index is 12.2. The molecular formula is C19H15ClN2O2S. The molecule has 0 saturated carbocycles. The molecule has 0 radical (unpaired) electrons. The van der Waals surface area contributed by atoms with Gasteiger partial charge < -0.3 is 10.6 Å². The minimum atomic E-state index is -0.167. The van der Waals surface area contributed by atoms with Crippen molar-refractivity contribution < 1.29 is 9.59 Å². The van der Waals surface area contributed by atoms with Crippen LogP contribution in [0, 0.1) is 0 Å². The third-order valence-electron chi connectivity index (χ3n) is 3.43. The summed E-state index contributed by atoms with van der Waals surface area (Å²) < 4.78 is 0. The molecule has 3 rings (SSSR count). The van der Waals surface area contributed by atoms with E-state index in [1.165, 1.54) is 11.3 Å². The van der Waals surface area contributed by atoms with Gasteiger partial charge in [-0.3, -0.25) is 9.59 Å². The Hall–Kier alpha value is -2.63. The summed E-state index contributed by atoms with van der Waals surface area (Å²) in [6.07, 6.45) is 0.253. The molecule has 126 valence electrons. The Kier molecular flexibility index (Phi) is 5.48. The van der Waals surface area contributed by atoms with Gasteiger partial charge in [0.15, 0.2) is 0 Å². The molecule has 0 aliphatic carbocycles. The quantitative estimate of drug-likeness (QED) is 0.675. The van der Waals surface area contributed by atoms with Gasteiger partial charge in [-0.25, -0.2) is 0 Å². The van der Waals surface area contributed by atoms with Crippen LogP contribution in [0.5, 0.6) is 0 Å². The summed E-state index contributed by atoms with van der Waals surface area (Å²) in [6.45, 7) is 0. The van der Waals surface area contributed by atoms with Gasteiger partial charge in [-0.15, -0.1) is 11.3 Å². The van der Waals surface area contributed by atoms with Gasteiger partial charge >= 0.3 is 0 Å². The Bertz CT molecular complexity index is 877. The Balaban J connectivity index is 1.62. The molecule has 1 heterocycles. The highest BCUT2D eigenvalue weighted by molar-refractivity contribution is 7.12. The third-order valence-corrected chi connectivity index (χ3v) is 4.55. The minimum Gasteiger partial charge on any atom is -0.326 e.